The predicted octanol–water partition coefficient (Wildman–Crippen LogP) is 2.90. The highest BCUT2D eigenvalue weighted by Gasteiger charge is 2.13. The molecule has 1 rings (SSSR count). The van der Waals surface area contributed by atoms with Crippen molar-refractivity contribution < 1.29 is 14.3 Å². The van der Waals surface area contributed by atoms with Crippen molar-refractivity contribution in [3.63, 3.8) is 0 Å². The third-order valence-electron chi connectivity index (χ3n) is 2.68. The van der Waals surface area contributed by atoms with Crippen molar-refractivity contribution in [2.75, 3.05) is 26.8 Å². The van der Waals surface area contributed by atoms with Crippen LogP contribution in [0.2, 0.25) is 5.02 Å². The Hall–Kier alpha value is -1.52. The van der Waals surface area contributed by atoms with E-state index in [0.717, 1.165) is 11.3 Å². The number of nitrogens with zero attached hydrogens (tertiary/aromatic N) is 1. The standard InChI is InChI=1S/C15H20ClNO3/c1-4-8-17(11-15(18)20-5-2)10-12-9-13(16)6-7-14(12)19-3/h4,6-7,9H,1,5,8,10-11H2,2-3H3. The van der Waals surface area contributed by atoms with Gasteiger partial charge in [-0.25, -0.2) is 0 Å². The molecular formula is C15H20ClNO3. The molecule has 0 aliphatic heterocycles. The van der Waals surface area contributed by atoms with Gasteiger partial charge in [-0.15, -0.1) is 6.58 Å². The Labute approximate surface area is 124 Å². The Morgan fingerprint density at radius 2 is 2.25 bits per heavy atom. The van der Waals surface area contributed by atoms with Gasteiger partial charge in [-0.05, 0) is 25.1 Å². The van der Waals surface area contributed by atoms with Crippen LogP contribution in [-0.4, -0.2) is 37.7 Å². The van der Waals surface area contributed by atoms with Gasteiger partial charge in [-0.3, -0.25) is 9.69 Å². The summed E-state index contributed by atoms with van der Waals surface area (Å²) in [7, 11) is 1.61. The lowest BCUT2D eigenvalue weighted by atomic mass is 10.2. The van der Waals surface area contributed by atoms with Crippen molar-refractivity contribution in [3.8, 4) is 5.75 Å². The van der Waals surface area contributed by atoms with E-state index in [2.05, 4.69) is 6.58 Å². The summed E-state index contributed by atoms with van der Waals surface area (Å²) in [6.07, 6.45) is 1.75. The van der Waals surface area contributed by atoms with E-state index in [1.54, 1.807) is 26.2 Å². The Morgan fingerprint density at radius 3 is 2.85 bits per heavy atom. The first kappa shape index (κ1) is 16.5. The monoisotopic (exact) mass is 297 g/mol. The normalized spacial score (nSPS) is 10.4. The van der Waals surface area contributed by atoms with Gasteiger partial charge in [0.2, 0.25) is 0 Å². The third kappa shape index (κ3) is 5.23. The maximum atomic E-state index is 11.6. The second-order valence-electron chi connectivity index (χ2n) is 4.22. The summed E-state index contributed by atoms with van der Waals surface area (Å²) in [6, 6.07) is 5.42. The highest BCUT2D eigenvalue weighted by atomic mass is 35.5. The SMILES string of the molecule is C=CCN(CC(=O)OCC)Cc1cc(Cl)ccc1OC. The number of halogens is 1. The van der Waals surface area contributed by atoms with Gasteiger partial charge in [-0.1, -0.05) is 17.7 Å². The summed E-state index contributed by atoms with van der Waals surface area (Å²) in [5.74, 6) is 0.489. The Kier molecular flexibility index (Phi) is 7.12. The number of esters is 1. The number of hydrogen-bond acceptors (Lipinski definition) is 4. The molecule has 0 radical (unpaired) electrons. The average molecular weight is 298 g/mol. The molecule has 20 heavy (non-hydrogen) atoms. The molecule has 0 N–H and O–H groups in total. The number of methoxy groups -OCH3 is 1. The van der Waals surface area contributed by atoms with Gasteiger partial charge in [0.25, 0.3) is 0 Å². The van der Waals surface area contributed by atoms with E-state index in [1.165, 1.54) is 0 Å². The highest BCUT2D eigenvalue weighted by molar-refractivity contribution is 6.30. The van der Waals surface area contributed by atoms with Crippen LogP contribution in [0.5, 0.6) is 5.75 Å². The minimum atomic E-state index is -0.254. The first-order valence-corrected chi connectivity index (χ1v) is 6.79. The first-order valence-electron chi connectivity index (χ1n) is 6.42. The van der Waals surface area contributed by atoms with E-state index in [-0.39, 0.29) is 12.5 Å². The average Bonchev–Trinajstić information content (AvgIpc) is 2.39. The van der Waals surface area contributed by atoms with Crippen LogP contribution in [0.4, 0.5) is 0 Å². The van der Waals surface area contributed by atoms with Crippen LogP contribution in [0.15, 0.2) is 30.9 Å². The van der Waals surface area contributed by atoms with Crippen LogP contribution in [0.1, 0.15) is 12.5 Å². The zero-order valence-electron chi connectivity index (χ0n) is 11.9. The molecule has 0 aromatic heterocycles. The van der Waals surface area contributed by atoms with Gasteiger partial charge in [0.1, 0.15) is 5.75 Å². The summed E-state index contributed by atoms with van der Waals surface area (Å²) < 4.78 is 10.3. The molecule has 0 saturated carbocycles. The molecule has 1 aromatic carbocycles. The molecule has 5 heteroatoms. The highest BCUT2D eigenvalue weighted by Crippen LogP contribution is 2.24. The minimum absolute atomic E-state index is 0.204. The summed E-state index contributed by atoms with van der Waals surface area (Å²) in [5, 5.41) is 0.635. The minimum Gasteiger partial charge on any atom is -0.496 e. The van der Waals surface area contributed by atoms with Crippen LogP contribution >= 0.6 is 11.6 Å². The number of benzene rings is 1. The molecule has 0 bridgehead atoms. The van der Waals surface area contributed by atoms with E-state index in [0.29, 0.717) is 24.7 Å². The fraction of sp³-hybridized carbons (Fsp3) is 0.400. The fourth-order valence-electron chi connectivity index (χ4n) is 1.87. The van der Waals surface area contributed by atoms with Crippen LogP contribution in [0, 0.1) is 0 Å². The summed E-state index contributed by atoms with van der Waals surface area (Å²) >= 11 is 6.00. The molecule has 110 valence electrons. The second kappa shape index (κ2) is 8.61. The largest absolute Gasteiger partial charge is 0.496 e. The molecule has 0 fully saturated rings. The number of rotatable bonds is 8. The summed E-state index contributed by atoms with van der Waals surface area (Å²) in [5.41, 5.74) is 0.922. The maximum Gasteiger partial charge on any atom is 0.320 e. The van der Waals surface area contributed by atoms with Gasteiger partial charge in [0.05, 0.1) is 20.3 Å². The van der Waals surface area contributed by atoms with Gasteiger partial charge >= 0.3 is 5.97 Å². The Morgan fingerprint density at radius 1 is 1.50 bits per heavy atom. The summed E-state index contributed by atoms with van der Waals surface area (Å²) in [4.78, 5) is 13.5. The van der Waals surface area contributed by atoms with E-state index in [9.17, 15) is 4.79 Å². The zero-order valence-corrected chi connectivity index (χ0v) is 12.7. The molecule has 1 aromatic rings. The summed E-state index contributed by atoms with van der Waals surface area (Å²) in [6.45, 7) is 7.19. The smallest absolute Gasteiger partial charge is 0.320 e. The molecule has 0 aliphatic rings. The molecular weight excluding hydrogens is 278 g/mol. The second-order valence-corrected chi connectivity index (χ2v) is 4.66. The Bertz CT molecular complexity index is 462. The van der Waals surface area contributed by atoms with Crippen LogP contribution in [0.3, 0.4) is 0 Å². The number of carbonyl (C=O) groups is 1. The number of hydrogen-bond donors (Lipinski definition) is 0. The van der Waals surface area contributed by atoms with E-state index in [4.69, 9.17) is 21.1 Å². The van der Waals surface area contributed by atoms with E-state index in [1.807, 2.05) is 17.0 Å². The van der Waals surface area contributed by atoms with Crippen LogP contribution in [0.25, 0.3) is 0 Å². The van der Waals surface area contributed by atoms with Crippen molar-refractivity contribution in [1.82, 2.24) is 4.90 Å². The maximum absolute atomic E-state index is 11.6. The van der Waals surface area contributed by atoms with Gasteiger partial charge in [-0.2, -0.15) is 0 Å². The third-order valence-corrected chi connectivity index (χ3v) is 2.92. The Balaban J connectivity index is 2.81. The number of carbonyl (C=O) groups excluding carboxylic acids is 1. The van der Waals surface area contributed by atoms with Crippen molar-refractivity contribution in [2.45, 2.75) is 13.5 Å². The van der Waals surface area contributed by atoms with Crippen LogP contribution < -0.4 is 4.74 Å². The van der Waals surface area contributed by atoms with Crippen LogP contribution in [-0.2, 0) is 16.1 Å². The van der Waals surface area contributed by atoms with Crippen molar-refractivity contribution >= 4 is 17.6 Å². The van der Waals surface area contributed by atoms with Gasteiger partial charge < -0.3 is 9.47 Å². The lowest BCUT2D eigenvalue weighted by molar-refractivity contribution is -0.144. The van der Waals surface area contributed by atoms with E-state index >= 15 is 0 Å². The molecule has 0 aliphatic carbocycles. The molecule has 0 spiro atoms. The topological polar surface area (TPSA) is 38.8 Å². The fourth-order valence-corrected chi connectivity index (χ4v) is 2.06. The lowest BCUT2D eigenvalue weighted by Crippen LogP contribution is -2.31. The molecule has 0 unspecified atom stereocenters. The molecule has 0 heterocycles. The lowest BCUT2D eigenvalue weighted by Gasteiger charge is -2.21. The molecule has 0 atom stereocenters. The van der Waals surface area contributed by atoms with E-state index < -0.39 is 0 Å². The first-order chi connectivity index (χ1) is 9.60. The molecule has 0 saturated heterocycles. The predicted molar refractivity (Wildman–Crippen MR) is 80.1 cm³/mol. The quantitative estimate of drug-likeness (QED) is 0.546. The van der Waals surface area contributed by atoms with Crippen molar-refractivity contribution in [3.05, 3.63) is 41.4 Å². The van der Waals surface area contributed by atoms with Gasteiger partial charge in [0, 0.05) is 23.7 Å². The molecule has 4 nitrogen and oxygen atoms in total. The van der Waals surface area contributed by atoms with Gasteiger partial charge in [0.15, 0.2) is 0 Å². The number of ether oxygens (including phenoxy) is 2. The van der Waals surface area contributed by atoms with Crippen molar-refractivity contribution in [2.24, 2.45) is 0 Å². The molecule has 0 amide bonds. The van der Waals surface area contributed by atoms with Crippen molar-refractivity contribution in [1.29, 1.82) is 0 Å². The zero-order chi connectivity index (χ0) is 15.0.